The highest BCUT2D eigenvalue weighted by atomic mass is 16.5. The van der Waals surface area contributed by atoms with Gasteiger partial charge in [-0.1, -0.05) is 12.1 Å². The average molecular weight is 222 g/mol. The highest BCUT2D eigenvalue weighted by molar-refractivity contribution is 5.71. The van der Waals surface area contributed by atoms with Crippen LogP contribution in [0.1, 0.15) is 18.1 Å². The maximum absolute atomic E-state index is 11.0. The highest BCUT2D eigenvalue weighted by Crippen LogP contribution is 2.35. The molecule has 1 N–H and O–H groups in total. The van der Waals surface area contributed by atoms with Crippen molar-refractivity contribution in [1.82, 2.24) is 0 Å². The van der Waals surface area contributed by atoms with E-state index >= 15 is 0 Å². The van der Waals surface area contributed by atoms with Crippen molar-refractivity contribution in [3.8, 4) is 5.75 Å². The van der Waals surface area contributed by atoms with Crippen LogP contribution in [-0.4, -0.2) is 24.8 Å². The maximum atomic E-state index is 11.0. The number of methoxy groups -OCH3 is 1. The van der Waals surface area contributed by atoms with Gasteiger partial charge in [-0.25, -0.2) is 0 Å². The largest absolute Gasteiger partial charge is 0.497 e. The second-order valence-electron chi connectivity index (χ2n) is 3.80. The van der Waals surface area contributed by atoms with Crippen LogP contribution in [0, 0.1) is 5.92 Å². The molecule has 0 saturated carbocycles. The van der Waals surface area contributed by atoms with Gasteiger partial charge < -0.3 is 14.6 Å². The first-order valence-electron chi connectivity index (χ1n) is 5.20. The van der Waals surface area contributed by atoms with Crippen LogP contribution < -0.4 is 4.74 Å². The van der Waals surface area contributed by atoms with E-state index in [0.29, 0.717) is 13.0 Å². The van der Waals surface area contributed by atoms with Gasteiger partial charge in [-0.3, -0.25) is 4.79 Å². The average Bonchev–Trinajstić information content (AvgIpc) is 2.78. The Balaban J connectivity index is 2.25. The van der Waals surface area contributed by atoms with E-state index in [9.17, 15) is 4.79 Å². The number of carbonyl (C=O) groups is 1. The van der Waals surface area contributed by atoms with E-state index in [1.807, 2.05) is 24.3 Å². The fourth-order valence-corrected chi connectivity index (χ4v) is 1.99. The summed E-state index contributed by atoms with van der Waals surface area (Å²) in [6.45, 7) is 0.499. The van der Waals surface area contributed by atoms with Gasteiger partial charge in [0.2, 0.25) is 0 Å². The minimum atomic E-state index is -0.801. The Morgan fingerprint density at radius 1 is 1.56 bits per heavy atom. The smallest absolute Gasteiger partial charge is 0.309 e. The SMILES string of the molecule is COc1cccc(C2OCCC2C(=O)O)c1. The van der Waals surface area contributed by atoms with Gasteiger partial charge >= 0.3 is 5.97 Å². The summed E-state index contributed by atoms with van der Waals surface area (Å²) < 4.78 is 10.6. The fraction of sp³-hybridized carbons (Fsp3) is 0.417. The van der Waals surface area contributed by atoms with Crippen LogP contribution in [-0.2, 0) is 9.53 Å². The molecule has 16 heavy (non-hydrogen) atoms. The predicted octanol–water partition coefficient (Wildman–Crippen LogP) is 1.86. The van der Waals surface area contributed by atoms with Gasteiger partial charge in [0.05, 0.1) is 19.1 Å². The van der Waals surface area contributed by atoms with Crippen LogP contribution in [0.5, 0.6) is 5.75 Å². The summed E-state index contributed by atoms with van der Waals surface area (Å²) in [4.78, 5) is 11.0. The summed E-state index contributed by atoms with van der Waals surface area (Å²) in [6, 6.07) is 7.36. The van der Waals surface area contributed by atoms with Crippen LogP contribution in [0.2, 0.25) is 0 Å². The molecule has 2 rings (SSSR count). The quantitative estimate of drug-likeness (QED) is 0.848. The van der Waals surface area contributed by atoms with Crippen molar-refractivity contribution in [2.45, 2.75) is 12.5 Å². The van der Waals surface area contributed by atoms with E-state index in [0.717, 1.165) is 11.3 Å². The molecule has 86 valence electrons. The Morgan fingerprint density at radius 2 is 2.38 bits per heavy atom. The summed E-state index contributed by atoms with van der Waals surface area (Å²) in [5.74, 6) is -0.533. The maximum Gasteiger partial charge on any atom is 0.309 e. The van der Waals surface area contributed by atoms with Crippen LogP contribution in [0.25, 0.3) is 0 Å². The molecule has 1 fully saturated rings. The van der Waals surface area contributed by atoms with Gasteiger partial charge in [-0.15, -0.1) is 0 Å². The third-order valence-corrected chi connectivity index (χ3v) is 2.83. The molecule has 1 aliphatic rings. The minimum absolute atomic E-state index is 0.354. The molecule has 2 unspecified atom stereocenters. The molecular weight excluding hydrogens is 208 g/mol. The molecule has 0 radical (unpaired) electrons. The fourth-order valence-electron chi connectivity index (χ4n) is 1.99. The molecule has 1 saturated heterocycles. The first kappa shape index (κ1) is 11.0. The van der Waals surface area contributed by atoms with E-state index in [1.54, 1.807) is 7.11 Å². The summed E-state index contributed by atoms with van der Waals surface area (Å²) in [6.07, 6.45) is 0.213. The van der Waals surface area contributed by atoms with Crippen molar-refractivity contribution < 1.29 is 19.4 Å². The van der Waals surface area contributed by atoms with E-state index in [1.165, 1.54) is 0 Å². The standard InChI is InChI=1S/C12H14O4/c1-15-9-4-2-3-8(7-9)11-10(12(13)14)5-6-16-11/h2-4,7,10-11H,5-6H2,1H3,(H,13,14). The van der Waals surface area contributed by atoms with Gasteiger partial charge in [-0.05, 0) is 24.1 Å². The van der Waals surface area contributed by atoms with E-state index < -0.39 is 11.9 Å². The molecule has 4 heteroatoms. The van der Waals surface area contributed by atoms with Crippen molar-refractivity contribution in [3.63, 3.8) is 0 Å². The summed E-state index contributed by atoms with van der Waals surface area (Å²) in [5.41, 5.74) is 0.865. The molecular formula is C12H14O4. The Labute approximate surface area is 93.8 Å². The van der Waals surface area contributed by atoms with Crippen LogP contribution in [0.15, 0.2) is 24.3 Å². The zero-order valence-electron chi connectivity index (χ0n) is 9.05. The Morgan fingerprint density at radius 3 is 3.06 bits per heavy atom. The number of benzene rings is 1. The lowest BCUT2D eigenvalue weighted by Crippen LogP contribution is -2.17. The number of carboxylic acid groups (broad SMARTS) is 1. The van der Waals surface area contributed by atoms with Crippen LogP contribution >= 0.6 is 0 Å². The van der Waals surface area contributed by atoms with Gasteiger partial charge in [0, 0.05) is 6.61 Å². The normalized spacial score (nSPS) is 24.3. The van der Waals surface area contributed by atoms with Crippen molar-refractivity contribution in [1.29, 1.82) is 0 Å². The molecule has 0 aromatic heterocycles. The molecule has 0 aliphatic carbocycles. The third kappa shape index (κ3) is 2.02. The Kier molecular flexibility index (Phi) is 3.10. The van der Waals surface area contributed by atoms with Gasteiger partial charge in [0.25, 0.3) is 0 Å². The second-order valence-corrected chi connectivity index (χ2v) is 3.80. The number of hydrogen-bond acceptors (Lipinski definition) is 3. The number of carboxylic acids is 1. The number of hydrogen-bond donors (Lipinski definition) is 1. The Bertz CT molecular complexity index is 388. The van der Waals surface area contributed by atoms with Crippen molar-refractivity contribution in [2.75, 3.05) is 13.7 Å². The molecule has 4 nitrogen and oxygen atoms in total. The third-order valence-electron chi connectivity index (χ3n) is 2.83. The first-order chi connectivity index (χ1) is 7.72. The number of rotatable bonds is 3. The molecule has 1 aromatic rings. The van der Waals surface area contributed by atoms with Gasteiger partial charge in [-0.2, -0.15) is 0 Å². The monoisotopic (exact) mass is 222 g/mol. The number of ether oxygens (including phenoxy) is 2. The van der Waals surface area contributed by atoms with E-state index in [2.05, 4.69) is 0 Å². The lowest BCUT2D eigenvalue weighted by Gasteiger charge is -2.15. The molecule has 0 bridgehead atoms. The van der Waals surface area contributed by atoms with E-state index in [-0.39, 0.29) is 6.10 Å². The van der Waals surface area contributed by atoms with Gasteiger partial charge in [0.1, 0.15) is 5.75 Å². The predicted molar refractivity (Wildman–Crippen MR) is 57.4 cm³/mol. The molecule has 1 aliphatic heterocycles. The summed E-state index contributed by atoms with van der Waals surface area (Å²) >= 11 is 0. The molecule has 0 spiro atoms. The summed E-state index contributed by atoms with van der Waals surface area (Å²) in [5, 5.41) is 9.06. The van der Waals surface area contributed by atoms with Crippen LogP contribution in [0.4, 0.5) is 0 Å². The van der Waals surface area contributed by atoms with Crippen LogP contribution in [0.3, 0.4) is 0 Å². The first-order valence-corrected chi connectivity index (χ1v) is 5.20. The lowest BCUT2D eigenvalue weighted by atomic mass is 9.95. The zero-order valence-corrected chi connectivity index (χ0v) is 9.05. The molecule has 1 aromatic carbocycles. The Hall–Kier alpha value is -1.55. The van der Waals surface area contributed by atoms with Crippen molar-refractivity contribution >= 4 is 5.97 Å². The topological polar surface area (TPSA) is 55.8 Å². The lowest BCUT2D eigenvalue weighted by molar-refractivity contribution is -0.143. The summed E-state index contributed by atoms with van der Waals surface area (Å²) in [7, 11) is 1.59. The molecule has 0 amide bonds. The second kappa shape index (κ2) is 4.53. The highest BCUT2D eigenvalue weighted by Gasteiger charge is 2.35. The molecule has 2 atom stereocenters. The zero-order chi connectivity index (χ0) is 11.5. The minimum Gasteiger partial charge on any atom is -0.497 e. The van der Waals surface area contributed by atoms with Crippen molar-refractivity contribution in [2.24, 2.45) is 5.92 Å². The molecule has 1 heterocycles. The van der Waals surface area contributed by atoms with E-state index in [4.69, 9.17) is 14.6 Å². The van der Waals surface area contributed by atoms with Crippen molar-refractivity contribution in [3.05, 3.63) is 29.8 Å². The number of aliphatic carboxylic acids is 1. The van der Waals surface area contributed by atoms with Gasteiger partial charge in [0.15, 0.2) is 0 Å².